The van der Waals surface area contributed by atoms with E-state index in [1.165, 1.54) is 16.6 Å². The summed E-state index contributed by atoms with van der Waals surface area (Å²) in [6.07, 6.45) is 3.03. The van der Waals surface area contributed by atoms with Crippen molar-refractivity contribution in [1.29, 1.82) is 0 Å². The molecule has 1 aliphatic rings. The summed E-state index contributed by atoms with van der Waals surface area (Å²) in [5.41, 5.74) is 1.83. The minimum atomic E-state index is -3.91. The molecule has 2 aromatic rings. The van der Waals surface area contributed by atoms with Gasteiger partial charge in [-0.2, -0.15) is 0 Å². The monoisotopic (exact) mass is 462 g/mol. The van der Waals surface area contributed by atoms with E-state index in [4.69, 9.17) is 0 Å². The number of benzene rings is 1. The quantitative estimate of drug-likeness (QED) is 0.536. The van der Waals surface area contributed by atoms with Crippen molar-refractivity contribution in [2.24, 2.45) is 0 Å². The van der Waals surface area contributed by atoms with Gasteiger partial charge < -0.3 is 12.5 Å². The molecule has 1 radical (unpaired) electrons. The van der Waals surface area contributed by atoms with E-state index < -0.39 is 10.0 Å². The Hall–Kier alpha value is -1.50. The van der Waals surface area contributed by atoms with Crippen LogP contribution in [0.2, 0.25) is 0 Å². The Balaban J connectivity index is 0.00000164. The van der Waals surface area contributed by atoms with E-state index >= 15 is 0 Å². The summed E-state index contributed by atoms with van der Waals surface area (Å²) in [7, 11) is -3.91. The van der Waals surface area contributed by atoms with Crippen LogP contribution in [0.25, 0.3) is 10.7 Å². The number of aliphatic hydroxyl groups is 1. The summed E-state index contributed by atoms with van der Waals surface area (Å²) >= 11 is 0. The van der Waals surface area contributed by atoms with Gasteiger partial charge in [0.05, 0.1) is 12.2 Å². The number of hydrogen-bond donors (Lipinski definition) is 1. The zero-order valence-corrected chi connectivity index (χ0v) is 19.8. The number of fused-ring (bicyclic) bond motifs is 1. The van der Waals surface area contributed by atoms with Crippen LogP contribution < -0.4 is 4.31 Å². The third-order valence-electron chi connectivity index (χ3n) is 3.73. The summed E-state index contributed by atoms with van der Waals surface area (Å²) in [4.78, 5) is 4.03. The Labute approximate surface area is 187 Å². The molecule has 0 saturated carbocycles. The van der Waals surface area contributed by atoms with Crippen molar-refractivity contribution in [3.05, 3.63) is 79.5 Å². The molecule has 1 aliphatic heterocycles. The number of aliphatic hydroxyl groups excluding tert-OH is 1. The van der Waals surface area contributed by atoms with Crippen LogP contribution in [0.1, 0.15) is 30.7 Å². The summed E-state index contributed by atoms with van der Waals surface area (Å²) in [6.45, 7) is 9.53. The fourth-order valence-corrected chi connectivity index (χ4v) is 4.43. The molecule has 1 aromatic carbocycles. The Kier molecular flexibility index (Phi) is 10.1. The molecule has 1 aromatic heterocycles. The van der Waals surface area contributed by atoms with Crippen molar-refractivity contribution in [1.82, 2.24) is 4.98 Å². The fourth-order valence-electron chi connectivity index (χ4n) is 2.66. The molecule has 5 nitrogen and oxygen atoms in total. The average molecular weight is 462 g/mol. The molecule has 3 rings (SSSR count). The van der Waals surface area contributed by atoms with Gasteiger partial charge in [-0.1, -0.05) is 44.2 Å². The average Bonchev–Trinajstić information content (AvgIpc) is 2.62. The second-order valence-corrected chi connectivity index (χ2v) is 6.99. The van der Waals surface area contributed by atoms with Crippen LogP contribution in [0.5, 0.6) is 0 Å². The van der Waals surface area contributed by atoms with Gasteiger partial charge in [-0.3, -0.25) is 9.29 Å². The van der Waals surface area contributed by atoms with Crippen molar-refractivity contribution >= 4 is 26.4 Å². The number of sulfonamides is 1. The van der Waals surface area contributed by atoms with Gasteiger partial charge in [0.15, 0.2) is 5.76 Å². The minimum Gasteiger partial charge on any atom is -0.504 e. The van der Waals surface area contributed by atoms with E-state index in [1.807, 2.05) is 19.9 Å². The molecule has 27 heavy (non-hydrogen) atoms. The number of pyridine rings is 1. The van der Waals surface area contributed by atoms with Gasteiger partial charge in [-0.05, 0) is 24.6 Å². The van der Waals surface area contributed by atoms with Crippen molar-refractivity contribution in [2.45, 2.75) is 20.8 Å². The molecule has 143 valence electrons. The number of nitrogens with zero attached hydrogens (tertiary/aromatic N) is 2. The minimum absolute atomic E-state index is 0. The van der Waals surface area contributed by atoms with Gasteiger partial charge in [0.25, 0.3) is 10.0 Å². The van der Waals surface area contributed by atoms with Gasteiger partial charge in [-0.25, -0.2) is 8.42 Å². The van der Waals surface area contributed by atoms with Crippen LogP contribution >= 0.6 is 0 Å². The van der Waals surface area contributed by atoms with Crippen molar-refractivity contribution in [3.63, 3.8) is 0 Å². The van der Waals surface area contributed by atoms with E-state index in [2.05, 4.69) is 11.6 Å². The van der Waals surface area contributed by atoms with Crippen molar-refractivity contribution < 1.29 is 46.2 Å². The molecule has 7 heteroatoms. The molecule has 1 N–H and O–H groups in total. The number of aryl methyl sites for hydroxylation is 1. The zero-order chi connectivity index (χ0) is 18.6. The van der Waals surface area contributed by atoms with Crippen molar-refractivity contribution in [3.8, 4) is 0 Å². The molecular weight excluding hydrogens is 437 g/mol. The zero-order valence-electron chi connectivity index (χ0n) is 16.2. The predicted octanol–water partition coefficient (Wildman–Crippen LogP) is 4.58. The van der Waals surface area contributed by atoms with Crippen LogP contribution in [0.3, 0.4) is 0 Å². The molecule has 0 amide bonds. The Bertz CT molecular complexity index is 924. The fraction of sp³-hybridized carbons (Fsp3) is 0.200. The van der Waals surface area contributed by atoms with Gasteiger partial charge in [-0.15, -0.1) is 6.58 Å². The molecule has 0 spiro atoms. The third kappa shape index (κ3) is 4.68. The van der Waals surface area contributed by atoms with Gasteiger partial charge >= 0.3 is 0 Å². The number of anilines is 1. The van der Waals surface area contributed by atoms with E-state index in [0.29, 0.717) is 11.3 Å². The SMILES string of the molecule is C=CCN1c2cccnc2C(O)=C(c2ccccc2C)S1(=O)=O.CC.[CH3-].[Y]. The number of aromatic nitrogens is 1. The molecule has 0 bridgehead atoms. The standard InChI is InChI=1S/C17H16N2O3S.C2H6.CH3.Y/c1-3-11-19-14-9-6-10-18-15(14)16(20)17(23(19,21)22)13-8-5-4-7-12(13)2;1-2;;/h3-10,20H,1,11H2,2H3;1-2H3;1H3;/q;;-1;. The van der Waals surface area contributed by atoms with Gasteiger partial charge in [0.2, 0.25) is 0 Å². The Morgan fingerprint density at radius 3 is 2.41 bits per heavy atom. The molecule has 0 unspecified atom stereocenters. The van der Waals surface area contributed by atoms with E-state index in [9.17, 15) is 13.5 Å². The maximum atomic E-state index is 13.1. The van der Waals surface area contributed by atoms with E-state index in [1.54, 1.807) is 37.3 Å². The molecule has 0 atom stereocenters. The largest absolute Gasteiger partial charge is 0.504 e. The van der Waals surface area contributed by atoms with Gasteiger partial charge in [0.1, 0.15) is 10.6 Å². The smallest absolute Gasteiger partial charge is 0.269 e. The molecule has 2 heterocycles. The molecule has 0 saturated heterocycles. The van der Waals surface area contributed by atoms with Crippen LogP contribution in [0.4, 0.5) is 5.69 Å². The van der Waals surface area contributed by atoms with Crippen molar-refractivity contribution in [2.75, 3.05) is 10.8 Å². The summed E-state index contributed by atoms with van der Waals surface area (Å²) < 4.78 is 27.3. The van der Waals surface area contributed by atoms with Crippen LogP contribution in [0.15, 0.2) is 55.3 Å². The van der Waals surface area contributed by atoms with Gasteiger partial charge in [0, 0.05) is 44.5 Å². The van der Waals surface area contributed by atoms with E-state index in [-0.39, 0.29) is 63.0 Å². The molecule has 0 fully saturated rings. The first-order valence-electron chi connectivity index (χ1n) is 8.06. The van der Waals surface area contributed by atoms with E-state index in [0.717, 1.165) is 5.56 Å². The summed E-state index contributed by atoms with van der Waals surface area (Å²) in [5, 5.41) is 10.6. The summed E-state index contributed by atoms with van der Waals surface area (Å²) in [5.74, 6) is -0.324. The van der Waals surface area contributed by atoms with Crippen LogP contribution in [-0.2, 0) is 42.7 Å². The maximum Gasteiger partial charge on any atom is 0.269 e. The Morgan fingerprint density at radius 2 is 1.81 bits per heavy atom. The maximum absolute atomic E-state index is 13.1. The normalized spacial score (nSPS) is 14.0. The second-order valence-electron chi connectivity index (χ2n) is 5.19. The number of rotatable bonds is 3. The third-order valence-corrected chi connectivity index (χ3v) is 5.58. The Morgan fingerprint density at radius 1 is 1.19 bits per heavy atom. The second kappa shape index (κ2) is 10.7. The molecular formula is C20H25N2O3SY-. The molecule has 0 aliphatic carbocycles. The predicted molar refractivity (Wildman–Crippen MR) is 109 cm³/mol. The van der Waals surface area contributed by atoms with Crippen LogP contribution in [-0.4, -0.2) is 25.1 Å². The van der Waals surface area contributed by atoms with Crippen LogP contribution in [0, 0.1) is 14.4 Å². The summed E-state index contributed by atoms with van der Waals surface area (Å²) in [6, 6.07) is 10.3. The first kappa shape index (κ1) is 25.5. The number of hydrogen-bond acceptors (Lipinski definition) is 4. The topological polar surface area (TPSA) is 70.5 Å². The first-order chi connectivity index (χ1) is 12.0. The first-order valence-corrected chi connectivity index (χ1v) is 9.50.